The molecule has 2 aromatic heterocycles. The number of nitrogens with zero attached hydrogens (tertiary/aromatic N) is 6. The minimum Gasteiger partial charge on any atom is -0.368 e. The second kappa shape index (κ2) is 11.2. The van der Waals surface area contributed by atoms with Gasteiger partial charge in [-0.05, 0) is 43.3 Å². The van der Waals surface area contributed by atoms with E-state index in [4.69, 9.17) is 46.3 Å². The van der Waals surface area contributed by atoms with E-state index in [0.29, 0.717) is 27.0 Å². The quantitative estimate of drug-likeness (QED) is 0.146. The van der Waals surface area contributed by atoms with E-state index >= 15 is 0 Å². The van der Waals surface area contributed by atoms with Gasteiger partial charge in [0.1, 0.15) is 17.5 Å². The molecule has 10 nitrogen and oxygen atoms in total. The van der Waals surface area contributed by atoms with Crippen LogP contribution in [0.25, 0.3) is 0 Å². The summed E-state index contributed by atoms with van der Waals surface area (Å²) in [5, 5.41) is 5.92. The molecule has 0 amide bonds. The van der Waals surface area contributed by atoms with Crippen LogP contribution in [0, 0.1) is 18.6 Å². The zero-order chi connectivity index (χ0) is 26.7. The first-order chi connectivity index (χ1) is 17.5. The number of anilines is 6. The van der Waals surface area contributed by atoms with Crippen LogP contribution < -0.4 is 22.1 Å². The normalized spacial score (nSPS) is 11.4. The first-order valence-electron chi connectivity index (χ1n) is 10.0. The van der Waals surface area contributed by atoms with Crippen molar-refractivity contribution in [3.63, 3.8) is 0 Å². The molecule has 192 valence electrons. The number of alkyl halides is 3. The Morgan fingerprint density at radius 3 is 1.70 bits per heavy atom. The molecule has 0 fully saturated rings. The summed E-state index contributed by atoms with van der Waals surface area (Å²) in [6.07, 6.45) is 0. The van der Waals surface area contributed by atoms with Crippen LogP contribution in [0.15, 0.2) is 46.2 Å². The summed E-state index contributed by atoms with van der Waals surface area (Å²) in [5.74, 6) is -0.743. The van der Waals surface area contributed by atoms with Crippen LogP contribution in [0.4, 0.5) is 43.9 Å². The predicted octanol–water partition coefficient (Wildman–Crippen LogP) is 5.92. The molecule has 0 aliphatic heterocycles. The lowest BCUT2D eigenvalue weighted by molar-refractivity contribution is 0.624. The standard InChI is InChI=1S/C20H15Cl3F2N10S2/c1-8-28-16(26)34-18(29-8)30-11-4-2-9(24)6-13(11)36-37-14-7-10(25)3-5-12(14)31-19-33-15(20(21,22)23)32-17(27)35-19/h2-7H,1H3,(H3,26,28,29,30,34)(H3,27,31,32,33,35). The van der Waals surface area contributed by atoms with Gasteiger partial charge in [-0.3, -0.25) is 0 Å². The van der Waals surface area contributed by atoms with Gasteiger partial charge in [0.2, 0.25) is 27.6 Å². The summed E-state index contributed by atoms with van der Waals surface area (Å²) in [6, 6.07) is 8.09. The summed E-state index contributed by atoms with van der Waals surface area (Å²) in [5.41, 5.74) is 12.3. The third kappa shape index (κ3) is 7.32. The zero-order valence-electron chi connectivity index (χ0n) is 18.5. The largest absolute Gasteiger partial charge is 0.368 e. The Bertz CT molecular complexity index is 1440. The van der Waals surface area contributed by atoms with Crippen molar-refractivity contribution in [1.82, 2.24) is 29.9 Å². The summed E-state index contributed by atoms with van der Waals surface area (Å²) in [7, 11) is 2.29. The fourth-order valence-corrected chi connectivity index (χ4v) is 5.34. The number of aromatic nitrogens is 6. The van der Waals surface area contributed by atoms with Gasteiger partial charge in [0, 0.05) is 9.79 Å². The maximum absolute atomic E-state index is 14.1. The molecule has 0 atom stereocenters. The van der Waals surface area contributed by atoms with Crippen molar-refractivity contribution in [2.75, 3.05) is 22.1 Å². The molecule has 4 rings (SSSR count). The van der Waals surface area contributed by atoms with Gasteiger partial charge in [-0.15, -0.1) is 0 Å². The molecule has 2 heterocycles. The zero-order valence-corrected chi connectivity index (χ0v) is 22.4. The third-order valence-corrected chi connectivity index (χ3v) is 7.22. The van der Waals surface area contributed by atoms with Crippen LogP contribution >= 0.6 is 56.4 Å². The number of nitrogen functional groups attached to an aromatic ring is 2. The average molecular weight is 604 g/mol. The van der Waals surface area contributed by atoms with Crippen LogP contribution in [-0.4, -0.2) is 29.9 Å². The second-order valence-corrected chi connectivity index (χ2v) is 11.6. The molecule has 4 aromatic rings. The Hall–Kier alpha value is -2.91. The van der Waals surface area contributed by atoms with Gasteiger partial charge < -0.3 is 22.1 Å². The van der Waals surface area contributed by atoms with Crippen LogP contribution in [0.3, 0.4) is 0 Å². The summed E-state index contributed by atoms with van der Waals surface area (Å²) in [4.78, 5) is 24.9. The molecule has 17 heteroatoms. The SMILES string of the molecule is Cc1nc(N)nc(Nc2ccc(F)cc2SSc2cc(F)ccc2Nc2nc(N)nc(C(Cl)(Cl)Cl)n2)n1. The number of benzene rings is 2. The number of hydrogen-bond donors (Lipinski definition) is 4. The van der Waals surface area contributed by atoms with E-state index in [9.17, 15) is 8.78 Å². The van der Waals surface area contributed by atoms with E-state index < -0.39 is 15.4 Å². The lowest BCUT2D eigenvalue weighted by atomic mass is 10.3. The molecule has 0 aliphatic rings. The van der Waals surface area contributed by atoms with Crippen LogP contribution in [0.2, 0.25) is 0 Å². The van der Waals surface area contributed by atoms with E-state index in [-0.39, 0.29) is 29.6 Å². The number of rotatable bonds is 7. The Balaban J connectivity index is 1.60. The average Bonchev–Trinajstić information content (AvgIpc) is 2.79. The van der Waals surface area contributed by atoms with Gasteiger partial charge in [0.25, 0.3) is 0 Å². The van der Waals surface area contributed by atoms with Crippen LogP contribution in [0.1, 0.15) is 11.6 Å². The molecule has 0 spiro atoms. The van der Waals surface area contributed by atoms with Gasteiger partial charge in [-0.25, -0.2) is 8.78 Å². The molecule has 0 saturated heterocycles. The molecule has 0 bridgehead atoms. The Morgan fingerprint density at radius 2 is 1.22 bits per heavy atom. The van der Waals surface area contributed by atoms with E-state index in [0.717, 1.165) is 21.6 Å². The fraction of sp³-hybridized carbons (Fsp3) is 0.100. The highest BCUT2D eigenvalue weighted by Gasteiger charge is 2.28. The highest BCUT2D eigenvalue weighted by atomic mass is 35.6. The lowest BCUT2D eigenvalue weighted by Gasteiger charge is -2.14. The maximum atomic E-state index is 14.1. The molecular formula is C20H15Cl3F2N10S2. The van der Waals surface area contributed by atoms with Gasteiger partial charge in [0.15, 0.2) is 5.82 Å². The van der Waals surface area contributed by atoms with Gasteiger partial charge >= 0.3 is 0 Å². The first-order valence-corrected chi connectivity index (χ1v) is 13.3. The van der Waals surface area contributed by atoms with E-state index in [1.54, 1.807) is 6.92 Å². The maximum Gasteiger partial charge on any atom is 0.250 e. The van der Waals surface area contributed by atoms with Crippen molar-refractivity contribution >= 4 is 91.6 Å². The van der Waals surface area contributed by atoms with E-state index in [1.165, 1.54) is 36.4 Å². The van der Waals surface area contributed by atoms with Crippen molar-refractivity contribution in [2.45, 2.75) is 20.5 Å². The number of hydrogen-bond acceptors (Lipinski definition) is 12. The minimum atomic E-state index is -1.94. The molecule has 0 unspecified atom stereocenters. The van der Waals surface area contributed by atoms with Gasteiger partial charge in [0.05, 0.1) is 11.4 Å². The smallest absolute Gasteiger partial charge is 0.250 e. The number of nitrogens with one attached hydrogen (secondary N) is 2. The second-order valence-electron chi connectivity index (χ2n) is 7.10. The van der Waals surface area contributed by atoms with Crippen LogP contribution in [0.5, 0.6) is 0 Å². The molecule has 37 heavy (non-hydrogen) atoms. The monoisotopic (exact) mass is 602 g/mol. The fourth-order valence-electron chi connectivity index (χ4n) is 2.80. The van der Waals surface area contributed by atoms with Crippen molar-refractivity contribution in [3.05, 3.63) is 59.7 Å². The number of aryl methyl sites for hydroxylation is 1. The van der Waals surface area contributed by atoms with Crippen molar-refractivity contribution in [2.24, 2.45) is 0 Å². The first kappa shape index (κ1) is 27.1. The summed E-state index contributed by atoms with van der Waals surface area (Å²) >= 11 is 17.6. The number of halogens is 5. The van der Waals surface area contributed by atoms with Crippen molar-refractivity contribution in [3.8, 4) is 0 Å². The molecule has 0 saturated carbocycles. The molecule has 0 aliphatic carbocycles. The highest BCUT2D eigenvalue weighted by molar-refractivity contribution is 8.76. The van der Waals surface area contributed by atoms with Crippen molar-refractivity contribution in [1.29, 1.82) is 0 Å². The third-order valence-electron chi connectivity index (χ3n) is 4.27. The van der Waals surface area contributed by atoms with Gasteiger partial charge in [-0.1, -0.05) is 56.4 Å². The highest BCUT2D eigenvalue weighted by Crippen LogP contribution is 2.45. The number of nitrogens with two attached hydrogens (primary N) is 2. The molecule has 6 N–H and O–H groups in total. The summed E-state index contributed by atoms with van der Waals surface area (Å²) < 4.78 is 26.3. The Labute approximate surface area is 231 Å². The lowest BCUT2D eigenvalue weighted by Crippen LogP contribution is -2.13. The Kier molecular flexibility index (Phi) is 8.23. The molecule has 0 radical (unpaired) electrons. The van der Waals surface area contributed by atoms with E-state index in [2.05, 4.69) is 40.5 Å². The van der Waals surface area contributed by atoms with Crippen LogP contribution in [-0.2, 0) is 3.79 Å². The predicted molar refractivity (Wildman–Crippen MR) is 144 cm³/mol. The van der Waals surface area contributed by atoms with Gasteiger partial charge in [-0.2, -0.15) is 29.9 Å². The van der Waals surface area contributed by atoms with Crippen molar-refractivity contribution < 1.29 is 8.78 Å². The molecular weight excluding hydrogens is 589 g/mol. The van der Waals surface area contributed by atoms with E-state index in [1.807, 2.05) is 0 Å². The summed E-state index contributed by atoms with van der Waals surface area (Å²) in [6.45, 7) is 1.66. The molecule has 2 aromatic carbocycles. The topological polar surface area (TPSA) is 153 Å². The minimum absolute atomic E-state index is 0.0248. The Morgan fingerprint density at radius 1 is 0.730 bits per heavy atom.